The van der Waals surface area contributed by atoms with Gasteiger partial charge in [-0.25, -0.2) is 0 Å². The zero-order valence-corrected chi connectivity index (χ0v) is 12.6. The van der Waals surface area contributed by atoms with E-state index in [9.17, 15) is 0 Å². The summed E-state index contributed by atoms with van der Waals surface area (Å²) < 4.78 is 7.02. The third kappa shape index (κ3) is 2.84. The van der Waals surface area contributed by atoms with E-state index in [0.29, 0.717) is 10.9 Å². The number of hydrogen-bond acceptors (Lipinski definition) is 2. The Kier molecular flexibility index (Phi) is 4.27. The van der Waals surface area contributed by atoms with E-state index in [2.05, 4.69) is 44.8 Å². The third-order valence-corrected chi connectivity index (χ3v) is 6.30. The topological polar surface area (TPSA) is 9.23 Å². The molecule has 2 unspecified atom stereocenters. The van der Waals surface area contributed by atoms with Crippen molar-refractivity contribution in [2.45, 2.75) is 37.1 Å². The Balaban J connectivity index is 2.08. The lowest BCUT2D eigenvalue weighted by atomic mass is 10.1. The van der Waals surface area contributed by atoms with E-state index in [-0.39, 0.29) is 0 Å². The van der Waals surface area contributed by atoms with Crippen LogP contribution >= 0.6 is 43.2 Å². The van der Waals surface area contributed by atoms with Crippen LogP contribution in [0.4, 0.5) is 0 Å². The maximum atomic E-state index is 5.79. The molecular formula is C11H14Br2OS. The molecule has 1 fully saturated rings. The van der Waals surface area contributed by atoms with Crippen molar-refractivity contribution < 1.29 is 4.74 Å². The second kappa shape index (κ2) is 5.30. The Hall–Kier alpha value is 0.620. The minimum absolute atomic E-state index is 0.351. The number of ether oxygens (including phenoxy) is 1. The number of rotatable bonds is 2. The maximum Gasteiger partial charge on any atom is 0.0751 e. The molecule has 0 bridgehead atoms. The summed E-state index contributed by atoms with van der Waals surface area (Å²) in [4.78, 5) is 1.72. The van der Waals surface area contributed by atoms with Crippen molar-refractivity contribution in [2.75, 3.05) is 6.61 Å². The molecule has 4 heteroatoms. The Morgan fingerprint density at radius 1 is 1.53 bits per heavy atom. The molecule has 0 N–H and O–H groups in total. The van der Waals surface area contributed by atoms with Gasteiger partial charge in [0, 0.05) is 11.5 Å². The fraction of sp³-hybridized carbons (Fsp3) is 0.636. The van der Waals surface area contributed by atoms with Crippen molar-refractivity contribution in [1.29, 1.82) is 0 Å². The predicted molar refractivity (Wildman–Crippen MR) is 72.0 cm³/mol. The Morgan fingerprint density at radius 2 is 2.33 bits per heavy atom. The van der Waals surface area contributed by atoms with Crippen molar-refractivity contribution in [2.24, 2.45) is 0 Å². The first kappa shape index (κ1) is 12.1. The molecule has 1 aliphatic rings. The minimum atomic E-state index is 0.351. The van der Waals surface area contributed by atoms with Gasteiger partial charge in [0.15, 0.2) is 0 Å². The number of halogens is 2. The Morgan fingerprint density at radius 3 is 2.87 bits per heavy atom. The highest BCUT2D eigenvalue weighted by molar-refractivity contribution is 9.11. The summed E-state index contributed by atoms with van der Waals surface area (Å²) in [6, 6.07) is 2.24. The summed E-state index contributed by atoms with van der Waals surface area (Å²) in [7, 11) is 0. The smallest absolute Gasteiger partial charge is 0.0751 e. The normalized spacial score (nSPS) is 24.1. The van der Waals surface area contributed by atoms with Crippen molar-refractivity contribution >= 4 is 43.2 Å². The summed E-state index contributed by atoms with van der Waals surface area (Å²) in [5.41, 5.74) is 1.32. The van der Waals surface area contributed by atoms with Crippen LogP contribution in [-0.2, 0) is 4.74 Å². The van der Waals surface area contributed by atoms with Gasteiger partial charge in [-0.2, -0.15) is 0 Å². The number of hydrogen-bond donors (Lipinski definition) is 0. The summed E-state index contributed by atoms with van der Waals surface area (Å²) in [5.74, 6) is 0. The van der Waals surface area contributed by atoms with Gasteiger partial charge in [0.2, 0.25) is 0 Å². The van der Waals surface area contributed by atoms with Gasteiger partial charge in [-0.15, -0.1) is 11.3 Å². The largest absolute Gasteiger partial charge is 0.377 e. The zero-order chi connectivity index (χ0) is 10.8. The van der Waals surface area contributed by atoms with Gasteiger partial charge in [0.1, 0.15) is 0 Å². The summed E-state index contributed by atoms with van der Waals surface area (Å²) in [6.07, 6.45) is 4.02. The molecule has 0 spiro atoms. The minimum Gasteiger partial charge on any atom is -0.377 e. The molecule has 0 aromatic carbocycles. The maximum absolute atomic E-state index is 5.79. The average Bonchev–Trinajstić information content (AvgIpc) is 2.59. The van der Waals surface area contributed by atoms with E-state index in [0.717, 1.165) is 6.61 Å². The van der Waals surface area contributed by atoms with Crippen LogP contribution in [0.5, 0.6) is 0 Å². The molecule has 15 heavy (non-hydrogen) atoms. The van der Waals surface area contributed by atoms with Crippen LogP contribution < -0.4 is 0 Å². The highest BCUT2D eigenvalue weighted by Crippen LogP contribution is 2.40. The van der Waals surface area contributed by atoms with E-state index >= 15 is 0 Å². The van der Waals surface area contributed by atoms with Crippen LogP contribution in [0.15, 0.2) is 9.85 Å². The standard InChI is InChI=1S/C11H14Br2OS/c1-7-6-9(15-11(7)13)10(12)8-4-2-3-5-14-8/h6,8,10H,2-5H2,1H3. The second-order valence-corrected chi connectivity index (χ2v) is 7.30. The van der Waals surface area contributed by atoms with Gasteiger partial charge in [-0.1, -0.05) is 15.9 Å². The summed E-state index contributed by atoms with van der Waals surface area (Å²) in [5, 5.41) is 0. The molecule has 0 radical (unpaired) electrons. The molecule has 2 heterocycles. The SMILES string of the molecule is Cc1cc(C(Br)C2CCCCO2)sc1Br. The van der Waals surface area contributed by atoms with Gasteiger partial charge in [-0.05, 0) is 53.7 Å². The Labute approximate surface area is 111 Å². The number of thiophene rings is 1. The van der Waals surface area contributed by atoms with E-state index in [4.69, 9.17) is 4.74 Å². The molecule has 1 aromatic rings. The molecule has 2 atom stereocenters. The van der Waals surface area contributed by atoms with Crippen LogP contribution in [0.3, 0.4) is 0 Å². The number of aryl methyl sites for hydroxylation is 1. The lowest BCUT2D eigenvalue weighted by Gasteiger charge is -2.26. The molecule has 1 saturated heterocycles. The van der Waals surface area contributed by atoms with Gasteiger partial charge in [0.25, 0.3) is 0 Å². The van der Waals surface area contributed by atoms with Gasteiger partial charge >= 0.3 is 0 Å². The van der Waals surface area contributed by atoms with Gasteiger partial charge in [0.05, 0.1) is 14.7 Å². The van der Waals surface area contributed by atoms with E-state index in [1.807, 2.05) is 0 Å². The quantitative estimate of drug-likeness (QED) is 0.692. The first-order valence-electron chi connectivity index (χ1n) is 5.20. The van der Waals surface area contributed by atoms with Crippen LogP contribution in [-0.4, -0.2) is 12.7 Å². The lowest BCUT2D eigenvalue weighted by Crippen LogP contribution is -2.22. The Bertz CT molecular complexity index is 312. The third-order valence-electron chi connectivity index (χ3n) is 2.69. The first-order chi connectivity index (χ1) is 7.18. The van der Waals surface area contributed by atoms with Crippen LogP contribution in [0.2, 0.25) is 0 Å². The van der Waals surface area contributed by atoms with Crippen LogP contribution in [0, 0.1) is 6.92 Å². The highest BCUT2D eigenvalue weighted by Gasteiger charge is 2.25. The molecule has 1 aliphatic heterocycles. The van der Waals surface area contributed by atoms with Crippen molar-refractivity contribution in [1.82, 2.24) is 0 Å². The summed E-state index contributed by atoms with van der Waals surface area (Å²) >= 11 is 9.13. The molecule has 84 valence electrons. The molecule has 1 nitrogen and oxygen atoms in total. The van der Waals surface area contributed by atoms with Crippen molar-refractivity contribution in [3.05, 3.63) is 20.3 Å². The van der Waals surface area contributed by atoms with Crippen molar-refractivity contribution in [3.63, 3.8) is 0 Å². The van der Waals surface area contributed by atoms with Crippen LogP contribution in [0.1, 0.15) is 34.5 Å². The van der Waals surface area contributed by atoms with E-state index in [1.165, 1.54) is 33.5 Å². The van der Waals surface area contributed by atoms with Gasteiger partial charge < -0.3 is 4.74 Å². The summed E-state index contributed by atoms with van der Waals surface area (Å²) in [6.45, 7) is 3.05. The predicted octanol–water partition coefficient (Wildman–Crippen LogP) is 4.82. The van der Waals surface area contributed by atoms with E-state index in [1.54, 1.807) is 11.3 Å². The average molecular weight is 354 g/mol. The molecule has 1 aromatic heterocycles. The van der Waals surface area contributed by atoms with Crippen molar-refractivity contribution in [3.8, 4) is 0 Å². The fourth-order valence-corrected chi connectivity index (χ4v) is 4.23. The molecule has 0 saturated carbocycles. The zero-order valence-electron chi connectivity index (χ0n) is 8.63. The molecule has 0 amide bonds. The first-order valence-corrected chi connectivity index (χ1v) is 7.72. The monoisotopic (exact) mass is 352 g/mol. The van der Waals surface area contributed by atoms with Crippen LogP contribution in [0.25, 0.3) is 0 Å². The van der Waals surface area contributed by atoms with E-state index < -0.39 is 0 Å². The molecular weight excluding hydrogens is 340 g/mol. The lowest BCUT2D eigenvalue weighted by molar-refractivity contribution is 0.0165. The van der Waals surface area contributed by atoms with Gasteiger partial charge in [-0.3, -0.25) is 0 Å². The number of alkyl halides is 1. The highest BCUT2D eigenvalue weighted by atomic mass is 79.9. The fourth-order valence-electron chi connectivity index (χ4n) is 1.80. The molecule has 2 rings (SSSR count). The second-order valence-electron chi connectivity index (χ2n) is 3.91. The molecule has 0 aliphatic carbocycles.